The summed E-state index contributed by atoms with van der Waals surface area (Å²) in [5.41, 5.74) is 4.25. The van der Waals surface area contributed by atoms with Crippen LogP contribution in [0.4, 0.5) is 24.5 Å². The van der Waals surface area contributed by atoms with Crippen molar-refractivity contribution in [1.82, 2.24) is 0 Å². The largest absolute Gasteiger partial charge is 0.418 e. The first kappa shape index (κ1) is 17.3. The molecule has 0 radical (unpaired) electrons. The molecule has 6 heteroatoms. The smallest absolute Gasteiger partial charge is 0.399 e. The predicted molar refractivity (Wildman–Crippen MR) is 77.8 cm³/mol. The van der Waals surface area contributed by atoms with Crippen molar-refractivity contribution in [1.29, 1.82) is 0 Å². The number of unbranched alkanes of at least 4 members (excludes halogenated alkanes) is 1. The number of carbonyl (C=O) groups excluding carboxylic acids is 1. The summed E-state index contributed by atoms with van der Waals surface area (Å²) in [5.74, 6) is -0.648. The molecule has 1 rings (SSSR count). The summed E-state index contributed by atoms with van der Waals surface area (Å²) in [6.45, 7) is 3.86. The Bertz CT molecular complexity index is 486. The molecule has 0 bridgehead atoms. The number of nitrogen functional groups attached to an aromatic ring is 1. The van der Waals surface area contributed by atoms with Gasteiger partial charge in [0.05, 0.1) is 11.3 Å². The van der Waals surface area contributed by atoms with Crippen molar-refractivity contribution in [3.8, 4) is 0 Å². The molecule has 3 N–H and O–H groups in total. The van der Waals surface area contributed by atoms with Gasteiger partial charge in [0.2, 0.25) is 5.91 Å². The monoisotopic (exact) mass is 302 g/mol. The number of halogens is 3. The summed E-state index contributed by atoms with van der Waals surface area (Å²) in [6, 6.07) is 3.38. The van der Waals surface area contributed by atoms with Crippen LogP contribution in [0.25, 0.3) is 0 Å². The molecule has 3 nitrogen and oxygen atoms in total. The number of carbonyl (C=O) groups is 1. The predicted octanol–water partition coefficient (Wildman–Crippen LogP) is 4.44. The van der Waals surface area contributed by atoms with Gasteiger partial charge in [-0.1, -0.05) is 26.7 Å². The lowest BCUT2D eigenvalue weighted by atomic mass is 9.98. The number of alkyl halides is 3. The first-order chi connectivity index (χ1) is 9.79. The standard InChI is InChI=1S/C15H21F3N2O/c1-3-5-6-10(4-2)14(21)20-13-8-7-11(19)9-12(13)15(16,17)18/h7-10H,3-6,19H2,1-2H3,(H,20,21). The summed E-state index contributed by atoms with van der Waals surface area (Å²) >= 11 is 0. The molecule has 0 fully saturated rings. The van der Waals surface area contributed by atoms with Crippen LogP contribution in [0.15, 0.2) is 18.2 Å². The summed E-state index contributed by atoms with van der Waals surface area (Å²) in [6.07, 6.45) is -1.46. The molecular weight excluding hydrogens is 281 g/mol. The fraction of sp³-hybridized carbons (Fsp3) is 0.533. The van der Waals surface area contributed by atoms with Crippen molar-refractivity contribution in [2.75, 3.05) is 11.1 Å². The Labute approximate surface area is 122 Å². The van der Waals surface area contributed by atoms with Crippen molar-refractivity contribution >= 4 is 17.3 Å². The van der Waals surface area contributed by atoms with E-state index in [1.807, 2.05) is 13.8 Å². The molecule has 0 aliphatic heterocycles. The zero-order valence-electron chi connectivity index (χ0n) is 12.3. The average molecular weight is 302 g/mol. The second-order valence-corrected chi connectivity index (χ2v) is 5.04. The molecule has 1 aromatic carbocycles. The van der Waals surface area contributed by atoms with Crippen molar-refractivity contribution in [3.63, 3.8) is 0 Å². The molecule has 0 aliphatic rings. The van der Waals surface area contributed by atoms with Gasteiger partial charge in [0.15, 0.2) is 0 Å². The molecular formula is C15H21F3N2O. The maximum Gasteiger partial charge on any atom is 0.418 e. The van der Waals surface area contributed by atoms with Gasteiger partial charge in [0.25, 0.3) is 0 Å². The molecule has 1 atom stereocenters. The highest BCUT2D eigenvalue weighted by Gasteiger charge is 2.34. The Morgan fingerprint density at radius 2 is 2.00 bits per heavy atom. The van der Waals surface area contributed by atoms with Gasteiger partial charge in [0, 0.05) is 11.6 Å². The Hall–Kier alpha value is -1.72. The first-order valence-electron chi connectivity index (χ1n) is 7.07. The topological polar surface area (TPSA) is 55.1 Å². The van der Waals surface area contributed by atoms with Gasteiger partial charge in [0.1, 0.15) is 0 Å². The second-order valence-electron chi connectivity index (χ2n) is 5.04. The molecule has 1 amide bonds. The average Bonchev–Trinajstić information content (AvgIpc) is 2.40. The molecule has 0 saturated heterocycles. The molecule has 21 heavy (non-hydrogen) atoms. The van der Waals surface area contributed by atoms with Crippen LogP contribution in [-0.4, -0.2) is 5.91 Å². The van der Waals surface area contributed by atoms with Crippen LogP contribution in [0.3, 0.4) is 0 Å². The summed E-state index contributed by atoms with van der Waals surface area (Å²) in [5, 5.41) is 2.39. The van der Waals surface area contributed by atoms with Crippen molar-refractivity contribution in [2.45, 2.75) is 45.7 Å². The van der Waals surface area contributed by atoms with E-state index in [-0.39, 0.29) is 23.2 Å². The van der Waals surface area contributed by atoms with E-state index in [9.17, 15) is 18.0 Å². The number of nitrogens with two attached hydrogens (primary N) is 1. The molecule has 1 aromatic rings. The Morgan fingerprint density at radius 1 is 1.33 bits per heavy atom. The molecule has 0 aromatic heterocycles. The molecule has 1 unspecified atom stereocenters. The van der Waals surface area contributed by atoms with Crippen molar-refractivity contribution < 1.29 is 18.0 Å². The third kappa shape index (κ3) is 4.95. The number of hydrogen-bond donors (Lipinski definition) is 2. The van der Waals surface area contributed by atoms with Crippen LogP contribution in [-0.2, 0) is 11.0 Å². The van der Waals surface area contributed by atoms with E-state index in [1.54, 1.807) is 0 Å². The van der Waals surface area contributed by atoms with E-state index in [1.165, 1.54) is 12.1 Å². The van der Waals surface area contributed by atoms with E-state index in [4.69, 9.17) is 5.73 Å². The van der Waals surface area contributed by atoms with Gasteiger partial charge in [-0.05, 0) is 31.0 Å². The minimum absolute atomic E-state index is 0.0124. The second kappa shape index (κ2) is 7.33. The summed E-state index contributed by atoms with van der Waals surface area (Å²) in [4.78, 5) is 12.1. The number of anilines is 2. The van der Waals surface area contributed by atoms with Crippen LogP contribution < -0.4 is 11.1 Å². The molecule has 0 spiro atoms. The van der Waals surface area contributed by atoms with Crippen LogP contribution in [0.1, 0.15) is 45.1 Å². The summed E-state index contributed by atoms with van der Waals surface area (Å²) in [7, 11) is 0. The third-order valence-electron chi connectivity index (χ3n) is 3.38. The first-order valence-corrected chi connectivity index (χ1v) is 7.07. The maximum atomic E-state index is 13.0. The zero-order valence-corrected chi connectivity index (χ0v) is 12.3. The molecule has 0 heterocycles. The Balaban J connectivity index is 2.94. The molecule has 0 saturated carbocycles. The number of amides is 1. The lowest BCUT2D eigenvalue weighted by molar-refractivity contribution is -0.137. The van der Waals surface area contributed by atoms with Crippen LogP contribution >= 0.6 is 0 Å². The third-order valence-corrected chi connectivity index (χ3v) is 3.38. The van der Waals surface area contributed by atoms with Gasteiger partial charge < -0.3 is 11.1 Å². The number of nitrogens with one attached hydrogen (secondary N) is 1. The Morgan fingerprint density at radius 3 is 2.52 bits per heavy atom. The van der Waals surface area contributed by atoms with E-state index in [2.05, 4.69) is 5.32 Å². The van der Waals surface area contributed by atoms with Crippen molar-refractivity contribution in [2.24, 2.45) is 5.92 Å². The van der Waals surface area contributed by atoms with E-state index >= 15 is 0 Å². The SMILES string of the molecule is CCCCC(CC)C(=O)Nc1ccc(N)cc1C(F)(F)F. The normalized spacial score (nSPS) is 13.0. The van der Waals surface area contributed by atoms with Gasteiger partial charge in [-0.15, -0.1) is 0 Å². The number of rotatable bonds is 6. The zero-order chi connectivity index (χ0) is 16.0. The fourth-order valence-corrected chi connectivity index (χ4v) is 2.11. The van der Waals surface area contributed by atoms with Gasteiger partial charge in [-0.2, -0.15) is 13.2 Å². The number of benzene rings is 1. The van der Waals surface area contributed by atoms with E-state index < -0.39 is 11.7 Å². The van der Waals surface area contributed by atoms with Crippen LogP contribution in [0.2, 0.25) is 0 Å². The highest BCUT2D eigenvalue weighted by Crippen LogP contribution is 2.36. The highest BCUT2D eigenvalue weighted by molar-refractivity contribution is 5.93. The van der Waals surface area contributed by atoms with Crippen LogP contribution in [0, 0.1) is 5.92 Å². The fourth-order valence-electron chi connectivity index (χ4n) is 2.11. The van der Waals surface area contributed by atoms with Crippen molar-refractivity contribution in [3.05, 3.63) is 23.8 Å². The molecule has 0 aliphatic carbocycles. The summed E-state index contributed by atoms with van der Waals surface area (Å²) < 4.78 is 38.9. The highest BCUT2D eigenvalue weighted by atomic mass is 19.4. The van der Waals surface area contributed by atoms with Gasteiger partial charge in [-0.25, -0.2) is 0 Å². The number of hydrogen-bond acceptors (Lipinski definition) is 2. The van der Waals surface area contributed by atoms with Gasteiger partial charge in [-0.3, -0.25) is 4.79 Å². The van der Waals surface area contributed by atoms with E-state index in [0.29, 0.717) is 12.8 Å². The lowest BCUT2D eigenvalue weighted by Crippen LogP contribution is -2.24. The van der Waals surface area contributed by atoms with Gasteiger partial charge >= 0.3 is 6.18 Å². The maximum absolute atomic E-state index is 13.0. The minimum Gasteiger partial charge on any atom is -0.399 e. The Kier molecular flexibility index (Phi) is 6.05. The van der Waals surface area contributed by atoms with Crippen LogP contribution in [0.5, 0.6) is 0 Å². The quantitative estimate of drug-likeness (QED) is 0.763. The minimum atomic E-state index is -4.55. The lowest BCUT2D eigenvalue weighted by Gasteiger charge is -2.18. The van der Waals surface area contributed by atoms with E-state index in [0.717, 1.165) is 18.9 Å². The molecule has 118 valence electrons.